The van der Waals surface area contributed by atoms with Gasteiger partial charge in [0.2, 0.25) is 5.91 Å². The van der Waals surface area contributed by atoms with Crippen LogP contribution >= 0.6 is 11.3 Å². The number of thiophene rings is 1. The smallest absolute Gasteiger partial charge is 0.255 e. The average molecular weight is 281 g/mol. The van der Waals surface area contributed by atoms with Gasteiger partial charge in [0.25, 0.3) is 5.91 Å². The van der Waals surface area contributed by atoms with Gasteiger partial charge in [0, 0.05) is 35.9 Å². The van der Waals surface area contributed by atoms with Crippen LogP contribution in [0.4, 0.5) is 0 Å². The number of rotatable bonds is 3. The van der Waals surface area contributed by atoms with Crippen LogP contribution in [0, 0.1) is 13.8 Å². The molecule has 104 valence electrons. The quantitative estimate of drug-likeness (QED) is 0.882. The van der Waals surface area contributed by atoms with Crippen LogP contribution in [0.3, 0.4) is 0 Å². The van der Waals surface area contributed by atoms with Crippen LogP contribution in [-0.2, 0) is 4.79 Å². The number of hydrogen-bond acceptors (Lipinski definition) is 4. The Morgan fingerprint density at radius 2 is 1.89 bits per heavy atom. The van der Waals surface area contributed by atoms with Crippen LogP contribution < -0.4 is 5.73 Å². The number of nitrogens with zero attached hydrogens (tertiary/aromatic N) is 2. The van der Waals surface area contributed by atoms with Crippen molar-refractivity contribution in [2.45, 2.75) is 13.8 Å². The third kappa shape index (κ3) is 3.33. The molecule has 1 aromatic heterocycles. The molecule has 0 saturated carbocycles. The summed E-state index contributed by atoms with van der Waals surface area (Å²) in [6.07, 6.45) is 0. The number of aryl methyl sites for hydroxylation is 2. The number of primary amides is 1. The van der Waals surface area contributed by atoms with Gasteiger partial charge in [-0.2, -0.15) is 0 Å². The Morgan fingerprint density at radius 3 is 2.37 bits per heavy atom. The van der Waals surface area contributed by atoms with Crippen molar-refractivity contribution in [2.75, 3.05) is 32.7 Å². The van der Waals surface area contributed by atoms with Gasteiger partial charge >= 0.3 is 0 Å². The number of amides is 2. The maximum atomic E-state index is 12.4. The summed E-state index contributed by atoms with van der Waals surface area (Å²) in [5, 5.41) is 0. The van der Waals surface area contributed by atoms with E-state index in [1.807, 2.05) is 29.7 Å². The molecular weight excluding hydrogens is 262 g/mol. The first-order chi connectivity index (χ1) is 8.97. The molecule has 5 nitrogen and oxygen atoms in total. The number of carbonyl (C=O) groups is 2. The van der Waals surface area contributed by atoms with E-state index >= 15 is 0 Å². The fourth-order valence-corrected chi connectivity index (χ4v) is 3.26. The Bertz CT molecular complexity index is 490. The Balaban J connectivity index is 1.96. The van der Waals surface area contributed by atoms with E-state index in [1.54, 1.807) is 11.3 Å². The van der Waals surface area contributed by atoms with Gasteiger partial charge in [-0.15, -0.1) is 11.3 Å². The van der Waals surface area contributed by atoms with E-state index in [0.29, 0.717) is 26.2 Å². The van der Waals surface area contributed by atoms with Gasteiger partial charge in [0.1, 0.15) is 0 Å². The first kappa shape index (κ1) is 14.0. The summed E-state index contributed by atoms with van der Waals surface area (Å²) in [5.41, 5.74) is 5.98. The van der Waals surface area contributed by atoms with Crippen LogP contribution in [-0.4, -0.2) is 54.3 Å². The van der Waals surface area contributed by atoms with Crippen molar-refractivity contribution in [3.8, 4) is 0 Å². The maximum Gasteiger partial charge on any atom is 0.255 e. The highest BCUT2D eigenvalue weighted by Crippen LogP contribution is 2.22. The molecule has 6 heteroatoms. The van der Waals surface area contributed by atoms with E-state index < -0.39 is 0 Å². The lowest BCUT2D eigenvalue weighted by Crippen LogP contribution is -2.50. The van der Waals surface area contributed by atoms with Gasteiger partial charge in [-0.25, -0.2) is 0 Å². The molecule has 2 N–H and O–H groups in total. The molecule has 1 aliphatic heterocycles. The topological polar surface area (TPSA) is 66.6 Å². The van der Waals surface area contributed by atoms with Crippen molar-refractivity contribution in [1.82, 2.24) is 9.80 Å². The first-order valence-corrected chi connectivity index (χ1v) is 7.16. The van der Waals surface area contributed by atoms with E-state index in [1.165, 1.54) is 0 Å². The molecular formula is C13H19N3O2S. The third-order valence-corrected chi connectivity index (χ3v) is 4.28. The Morgan fingerprint density at radius 1 is 1.26 bits per heavy atom. The predicted molar refractivity (Wildman–Crippen MR) is 75.3 cm³/mol. The summed E-state index contributed by atoms with van der Waals surface area (Å²) in [6.45, 7) is 6.99. The molecule has 0 aliphatic carbocycles. The third-order valence-electron chi connectivity index (χ3n) is 3.31. The molecule has 0 atom stereocenters. The molecule has 1 saturated heterocycles. The van der Waals surface area contributed by atoms with E-state index in [4.69, 9.17) is 5.73 Å². The molecule has 2 heterocycles. The minimum atomic E-state index is -0.316. The van der Waals surface area contributed by atoms with Crippen LogP contribution in [0.15, 0.2) is 6.07 Å². The molecule has 0 bridgehead atoms. The molecule has 0 aromatic carbocycles. The second-order valence-corrected chi connectivity index (χ2v) is 6.32. The zero-order valence-corrected chi connectivity index (χ0v) is 12.1. The van der Waals surface area contributed by atoms with Crippen LogP contribution in [0.1, 0.15) is 20.1 Å². The SMILES string of the molecule is Cc1cc(C(=O)N2CCN(CC(N)=O)CC2)c(C)s1. The van der Waals surface area contributed by atoms with Crippen LogP contribution in [0.5, 0.6) is 0 Å². The van der Waals surface area contributed by atoms with Gasteiger partial charge in [-0.05, 0) is 19.9 Å². The highest BCUT2D eigenvalue weighted by molar-refractivity contribution is 7.12. The largest absolute Gasteiger partial charge is 0.369 e. The number of nitrogens with two attached hydrogens (primary N) is 1. The average Bonchev–Trinajstić information content (AvgIpc) is 2.68. The molecule has 1 fully saturated rings. The maximum absolute atomic E-state index is 12.4. The van der Waals surface area contributed by atoms with Crippen molar-refractivity contribution in [1.29, 1.82) is 0 Å². The standard InChI is InChI=1S/C13H19N3O2S/c1-9-7-11(10(2)19-9)13(18)16-5-3-15(4-6-16)8-12(14)17/h7H,3-6,8H2,1-2H3,(H2,14,17). The zero-order chi connectivity index (χ0) is 14.0. The second-order valence-electron chi connectivity index (χ2n) is 4.86. The van der Waals surface area contributed by atoms with Crippen molar-refractivity contribution in [2.24, 2.45) is 5.73 Å². The minimum absolute atomic E-state index is 0.0978. The lowest BCUT2D eigenvalue weighted by molar-refractivity contribution is -0.119. The highest BCUT2D eigenvalue weighted by atomic mass is 32.1. The molecule has 0 radical (unpaired) electrons. The second kappa shape index (κ2) is 5.71. The Hall–Kier alpha value is -1.40. The van der Waals surface area contributed by atoms with Crippen molar-refractivity contribution in [3.05, 3.63) is 21.4 Å². The van der Waals surface area contributed by atoms with E-state index in [9.17, 15) is 9.59 Å². The molecule has 2 amide bonds. The molecule has 1 aliphatic rings. The molecule has 19 heavy (non-hydrogen) atoms. The predicted octanol–water partition coefficient (Wildman–Crippen LogP) is 0.608. The molecule has 0 spiro atoms. The molecule has 1 aromatic rings. The van der Waals surface area contributed by atoms with Gasteiger partial charge < -0.3 is 10.6 Å². The Labute approximate surface area is 117 Å². The summed E-state index contributed by atoms with van der Waals surface area (Å²) in [5.74, 6) is -0.218. The zero-order valence-electron chi connectivity index (χ0n) is 11.3. The summed E-state index contributed by atoms with van der Waals surface area (Å²) >= 11 is 1.65. The minimum Gasteiger partial charge on any atom is -0.369 e. The number of hydrogen-bond donors (Lipinski definition) is 1. The van der Waals surface area contributed by atoms with Crippen molar-refractivity contribution >= 4 is 23.2 Å². The van der Waals surface area contributed by atoms with Crippen molar-refractivity contribution < 1.29 is 9.59 Å². The van der Waals surface area contributed by atoms with Gasteiger partial charge in [-0.3, -0.25) is 14.5 Å². The monoisotopic (exact) mass is 281 g/mol. The summed E-state index contributed by atoms with van der Waals surface area (Å²) in [6, 6.07) is 1.96. The highest BCUT2D eigenvalue weighted by Gasteiger charge is 2.24. The summed E-state index contributed by atoms with van der Waals surface area (Å²) < 4.78 is 0. The fourth-order valence-electron chi connectivity index (χ4n) is 2.34. The lowest BCUT2D eigenvalue weighted by atomic mass is 10.2. The number of carbonyl (C=O) groups excluding carboxylic acids is 2. The molecule has 0 unspecified atom stereocenters. The first-order valence-electron chi connectivity index (χ1n) is 6.34. The number of piperazine rings is 1. The molecule has 2 rings (SSSR count). The summed E-state index contributed by atoms with van der Waals surface area (Å²) in [4.78, 5) is 29.3. The van der Waals surface area contributed by atoms with Gasteiger partial charge in [0.15, 0.2) is 0 Å². The van der Waals surface area contributed by atoms with Crippen LogP contribution in [0.2, 0.25) is 0 Å². The van der Waals surface area contributed by atoms with E-state index in [0.717, 1.165) is 15.3 Å². The summed E-state index contributed by atoms with van der Waals surface area (Å²) in [7, 11) is 0. The van der Waals surface area contributed by atoms with Gasteiger partial charge in [-0.1, -0.05) is 0 Å². The Kier molecular flexibility index (Phi) is 4.21. The van der Waals surface area contributed by atoms with E-state index in [2.05, 4.69) is 0 Å². The normalized spacial score (nSPS) is 16.6. The van der Waals surface area contributed by atoms with Crippen LogP contribution in [0.25, 0.3) is 0 Å². The fraction of sp³-hybridized carbons (Fsp3) is 0.538. The lowest BCUT2D eigenvalue weighted by Gasteiger charge is -2.34. The van der Waals surface area contributed by atoms with E-state index in [-0.39, 0.29) is 18.4 Å². The van der Waals surface area contributed by atoms with Crippen molar-refractivity contribution in [3.63, 3.8) is 0 Å². The van der Waals surface area contributed by atoms with Gasteiger partial charge in [0.05, 0.1) is 12.1 Å².